The van der Waals surface area contributed by atoms with Gasteiger partial charge in [-0.3, -0.25) is 9.69 Å². The Bertz CT molecular complexity index is 823. The third kappa shape index (κ3) is 4.02. The van der Waals surface area contributed by atoms with Gasteiger partial charge in [-0.1, -0.05) is 32.1 Å². The first-order valence-corrected chi connectivity index (χ1v) is 11.1. The van der Waals surface area contributed by atoms with Crippen LogP contribution in [-0.4, -0.2) is 47.2 Å². The van der Waals surface area contributed by atoms with Gasteiger partial charge in [0.25, 0.3) is 0 Å². The maximum absolute atomic E-state index is 13.3. The maximum atomic E-state index is 13.3. The topological polar surface area (TPSA) is 32.8 Å². The zero-order valence-corrected chi connectivity index (χ0v) is 18.2. The van der Waals surface area contributed by atoms with Crippen LogP contribution < -0.4 is 0 Å². The molecule has 31 heavy (non-hydrogen) atoms. The van der Waals surface area contributed by atoms with Crippen molar-refractivity contribution in [2.45, 2.75) is 57.6 Å². The summed E-state index contributed by atoms with van der Waals surface area (Å²) in [4.78, 5) is 17.7. The standard InChI is InChI=1S/C24H31F3N2O2/c1-4-5-18-12-20-14-28(13-17-6-8-19(9-7-17)24(25,26)27)11-10-23(20)29(22(18)30)21(15-31-23)16(2)3/h4,6-9,16,18,20-21H,1,5,10-15H2,2-3H3/t18-,20+,21+,23+/m0/s1. The molecule has 0 aliphatic carbocycles. The number of ether oxygens (including phenoxy) is 1. The van der Waals surface area contributed by atoms with Gasteiger partial charge in [-0.15, -0.1) is 6.58 Å². The molecule has 170 valence electrons. The largest absolute Gasteiger partial charge is 0.416 e. The van der Waals surface area contributed by atoms with E-state index in [1.807, 2.05) is 6.08 Å². The molecule has 1 amide bonds. The van der Waals surface area contributed by atoms with Crippen LogP contribution in [0.25, 0.3) is 0 Å². The molecule has 3 heterocycles. The summed E-state index contributed by atoms with van der Waals surface area (Å²) in [6.45, 7) is 10.8. The fraction of sp³-hybridized carbons (Fsp3) is 0.625. The molecule has 3 fully saturated rings. The summed E-state index contributed by atoms with van der Waals surface area (Å²) in [7, 11) is 0. The number of carbonyl (C=O) groups is 1. The van der Waals surface area contributed by atoms with Gasteiger partial charge in [-0.05, 0) is 36.5 Å². The van der Waals surface area contributed by atoms with Gasteiger partial charge in [0.1, 0.15) is 5.72 Å². The van der Waals surface area contributed by atoms with Crippen LogP contribution in [0.2, 0.25) is 0 Å². The van der Waals surface area contributed by atoms with Gasteiger partial charge in [0, 0.05) is 37.9 Å². The number of halogens is 3. The quantitative estimate of drug-likeness (QED) is 0.627. The number of amides is 1. The van der Waals surface area contributed by atoms with Crippen molar-refractivity contribution in [1.82, 2.24) is 9.80 Å². The molecule has 4 nitrogen and oxygen atoms in total. The van der Waals surface area contributed by atoms with Crippen molar-refractivity contribution in [1.29, 1.82) is 0 Å². The first kappa shape index (κ1) is 22.3. The van der Waals surface area contributed by atoms with Crippen LogP contribution in [0.4, 0.5) is 13.2 Å². The molecular formula is C24H31F3N2O2. The lowest BCUT2D eigenvalue weighted by Gasteiger charge is -2.55. The smallest absolute Gasteiger partial charge is 0.353 e. The Labute approximate surface area is 182 Å². The van der Waals surface area contributed by atoms with Gasteiger partial charge in [-0.2, -0.15) is 13.2 Å². The summed E-state index contributed by atoms with van der Waals surface area (Å²) in [6.07, 6.45) is -0.351. The SMILES string of the molecule is C=CC[C@H]1C[C@@H]2CN(Cc3ccc(C(F)(F)F)cc3)CC[C@@]23OC[C@H](C(C)C)N3C1=O. The van der Waals surface area contributed by atoms with Crippen LogP contribution in [0.15, 0.2) is 36.9 Å². The minimum Gasteiger partial charge on any atom is -0.353 e. The maximum Gasteiger partial charge on any atom is 0.416 e. The second-order valence-electron chi connectivity index (χ2n) is 9.51. The lowest BCUT2D eigenvalue weighted by Crippen LogP contribution is -2.66. The highest BCUT2D eigenvalue weighted by molar-refractivity contribution is 5.81. The molecule has 3 saturated heterocycles. The second-order valence-corrected chi connectivity index (χ2v) is 9.51. The van der Waals surface area contributed by atoms with Crippen molar-refractivity contribution in [3.8, 4) is 0 Å². The van der Waals surface area contributed by atoms with Gasteiger partial charge in [0.15, 0.2) is 0 Å². The summed E-state index contributed by atoms with van der Waals surface area (Å²) in [5, 5.41) is 0. The number of alkyl halides is 3. The number of likely N-dealkylation sites (tertiary alicyclic amines) is 1. The highest BCUT2D eigenvalue weighted by Crippen LogP contribution is 2.49. The summed E-state index contributed by atoms with van der Waals surface area (Å²) in [6, 6.07) is 5.50. The zero-order chi connectivity index (χ0) is 22.4. The Balaban J connectivity index is 1.52. The van der Waals surface area contributed by atoms with Crippen LogP contribution in [0, 0.1) is 17.8 Å². The molecule has 1 aromatic rings. The van der Waals surface area contributed by atoms with Crippen molar-refractivity contribution in [2.75, 3.05) is 19.7 Å². The number of nitrogens with zero attached hydrogens (tertiary/aromatic N) is 2. The highest BCUT2D eigenvalue weighted by atomic mass is 19.4. The van der Waals surface area contributed by atoms with E-state index in [0.717, 1.165) is 43.6 Å². The summed E-state index contributed by atoms with van der Waals surface area (Å²) < 4.78 is 44.9. The van der Waals surface area contributed by atoms with Crippen molar-refractivity contribution < 1.29 is 22.7 Å². The Morgan fingerprint density at radius 1 is 1.29 bits per heavy atom. The minimum atomic E-state index is -4.32. The third-order valence-corrected chi connectivity index (χ3v) is 7.21. The summed E-state index contributed by atoms with van der Waals surface area (Å²) in [5.74, 6) is 0.604. The second kappa shape index (κ2) is 8.24. The first-order chi connectivity index (χ1) is 14.7. The lowest BCUT2D eigenvalue weighted by molar-refractivity contribution is -0.200. The van der Waals surface area contributed by atoms with Crippen molar-refractivity contribution >= 4 is 5.91 Å². The molecule has 0 N–H and O–H groups in total. The predicted octanol–water partition coefficient (Wildman–Crippen LogP) is 4.70. The number of benzene rings is 1. The zero-order valence-electron chi connectivity index (χ0n) is 18.2. The molecule has 4 rings (SSSR count). The first-order valence-electron chi connectivity index (χ1n) is 11.1. The van der Waals surface area contributed by atoms with E-state index < -0.39 is 17.5 Å². The molecule has 1 spiro atoms. The van der Waals surface area contributed by atoms with Crippen molar-refractivity contribution in [3.63, 3.8) is 0 Å². The normalized spacial score (nSPS) is 31.6. The Morgan fingerprint density at radius 2 is 2.00 bits per heavy atom. The van der Waals surface area contributed by atoms with Crippen LogP contribution in [0.5, 0.6) is 0 Å². The molecule has 0 aromatic heterocycles. The number of hydrogen-bond acceptors (Lipinski definition) is 3. The average Bonchev–Trinajstić information content (AvgIpc) is 3.10. The molecule has 0 unspecified atom stereocenters. The molecule has 4 atom stereocenters. The minimum absolute atomic E-state index is 0.0791. The number of carbonyl (C=O) groups excluding carboxylic acids is 1. The van der Waals surface area contributed by atoms with Gasteiger partial charge in [0.2, 0.25) is 5.91 Å². The predicted molar refractivity (Wildman–Crippen MR) is 112 cm³/mol. The van der Waals surface area contributed by atoms with Gasteiger partial charge in [-0.25, -0.2) is 0 Å². The van der Waals surface area contributed by atoms with E-state index in [2.05, 4.69) is 30.2 Å². The fourth-order valence-electron chi connectivity index (χ4n) is 5.57. The van der Waals surface area contributed by atoms with Gasteiger partial charge in [0.05, 0.1) is 18.2 Å². The molecule has 3 aliphatic rings. The number of rotatable bonds is 5. The Kier molecular flexibility index (Phi) is 5.94. The van der Waals surface area contributed by atoms with E-state index >= 15 is 0 Å². The van der Waals surface area contributed by atoms with E-state index in [0.29, 0.717) is 25.5 Å². The molecule has 7 heteroatoms. The average molecular weight is 437 g/mol. The van der Waals surface area contributed by atoms with Crippen LogP contribution >= 0.6 is 0 Å². The summed E-state index contributed by atoms with van der Waals surface area (Å²) >= 11 is 0. The van der Waals surface area contributed by atoms with Gasteiger partial charge >= 0.3 is 6.18 Å². The van der Waals surface area contributed by atoms with Crippen LogP contribution in [-0.2, 0) is 22.3 Å². The monoisotopic (exact) mass is 436 g/mol. The van der Waals surface area contributed by atoms with E-state index in [-0.39, 0.29) is 23.8 Å². The number of piperidine rings is 2. The Morgan fingerprint density at radius 3 is 2.61 bits per heavy atom. The van der Waals surface area contributed by atoms with E-state index in [1.165, 1.54) is 0 Å². The molecule has 3 aliphatic heterocycles. The Hall–Kier alpha value is -1.86. The molecule has 0 bridgehead atoms. The summed E-state index contributed by atoms with van der Waals surface area (Å²) in [5.41, 5.74) is -0.301. The third-order valence-electron chi connectivity index (χ3n) is 7.21. The van der Waals surface area contributed by atoms with Crippen molar-refractivity contribution in [2.24, 2.45) is 17.8 Å². The molecule has 0 radical (unpaired) electrons. The molecule has 1 aromatic carbocycles. The van der Waals surface area contributed by atoms with Gasteiger partial charge < -0.3 is 9.64 Å². The number of allylic oxidation sites excluding steroid dienone is 1. The van der Waals surface area contributed by atoms with Crippen molar-refractivity contribution in [3.05, 3.63) is 48.0 Å². The van der Waals surface area contributed by atoms with E-state index in [9.17, 15) is 18.0 Å². The fourth-order valence-corrected chi connectivity index (χ4v) is 5.57. The molecular weight excluding hydrogens is 405 g/mol. The van der Waals surface area contributed by atoms with Crippen LogP contribution in [0.3, 0.4) is 0 Å². The van der Waals surface area contributed by atoms with Crippen LogP contribution in [0.1, 0.15) is 44.2 Å². The highest BCUT2D eigenvalue weighted by Gasteiger charge is 2.60. The van der Waals surface area contributed by atoms with E-state index in [1.54, 1.807) is 12.1 Å². The lowest BCUT2D eigenvalue weighted by atomic mass is 9.74. The molecule has 0 saturated carbocycles. The number of hydrogen-bond donors (Lipinski definition) is 0. The van der Waals surface area contributed by atoms with E-state index in [4.69, 9.17) is 4.74 Å².